The van der Waals surface area contributed by atoms with E-state index in [9.17, 15) is 19.7 Å². The fraction of sp³-hybridized carbons (Fsp3) is 0.385. The lowest BCUT2D eigenvalue weighted by molar-refractivity contribution is -0.389. The fourth-order valence-corrected chi connectivity index (χ4v) is 2.19. The topological polar surface area (TPSA) is 151 Å². The molecule has 2 rings (SSSR count). The number of amides is 2. The van der Waals surface area contributed by atoms with Crippen molar-refractivity contribution in [2.75, 3.05) is 5.32 Å². The third kappa shape index (κ3) is 3.39. The maximum atomic E-state index is 12.3. The van der Waals surface area contributed by atoms with Gasteiger partial charge in [-0.1, -0.05) is 6.92 Å². The summed E-state index contributed by atoms with van der Waals surface area (Å²) in [4.78, 5) is 33.8. The Kier molecular flexibility index (Phi) is 4.62. The number of nitro groups is 1. The molecule has 0 spiro atoms. The van der Waals surface area contributed by atoms with E-state index in [-0.39, 0.29) is 29.7 Å². The van der Waals surface area contributed by atoms with Gasteiger partial charge in [-0.25, -0.2) is 0 Å². The van der Waals surface area contributed by atoms with E-state index in [1.165, 1.54) is 28.7 Å². The second kappa shape index (κ2) is 6.48. The van der Waals surface area contributed by atoms with Gasteiger partial charge in [0.1, 0.15) is 5.69 Å². The molecule has 0 aliphatic heterocycles. The number of hydrogen-bond donors (Lipinski definition) is 2. The Labute approximate surface area is 136 Å². The van der Waals surface area contributed by atoms with E-state index in [1.807, 2.05) is 0 Å². The van der Waals surface area contributed by atoms with Crippen LogP contribution < -0.4 is 11.1 Å². The molecule has 0 aliphatic carbocycles. The third-order valence-electron chi connectivity index (χ3n) is 3.48. The molecule has 0 bridgehead atoms. The Morgan fingerprint density at radius 3 is 2.71 bits per heavy atom. The average Bonchev–Trinajstić information content (AvgIpc) is 3.02. The molecule has 11 heteroatoms. The van der Waals surface area contributed by atoms with Crippen molar-refractivity contribution in [1.82, 2.24) is 19.6 Å². The van der Waals surface area contributed by atoms with E-state index in [4.69, 9.17) is 5.73 Å². The molecule has 0 saturated heterocycles. The van der Waals surface area contributed by atoms with Crippen LogP contribution in [0.5, 0.6) is 0 Å². The SMILES string of the molecule is Cc1cc([N+](=O)[O-])nn1CC(C)C(=O)Nc1cnn(C)c1C(N)=O. The molecular weight excluding hydrogens is 318 g/mol. The molecule has 1 atom stereocenters. The predicted octanol–water partition coefficient (Wildman–Crippen LogP) is 0.207. The van der Waals surface area contributed by atoms with Gasteiger partial charge in [-0.05, 0) is 11.8 Å². The molecule has 0 aromatic carbocycles. The maximum Gasteiger partial charge on any atom is 0.390 e. The summed E-state index contributed by atoms with van der Waals surface area (Å²) in [5.74, 6) is -1.92. The Hall–Kier alpha value is -3.24. The number of nitrogens with one attached hydrogen (secondary N) is 1. The van der Waals surface area contributed by atoms with E-state index in [2.05, 4.69) is 15.5 Å². The molecule has 0 saturated carbocycles. The molecule has 0 radical (unpaired) electrons. The maximum absolute atomic E-state index is 12.3. The first kappa shape index (κ1) is 17.1. The number of aromatic nitrogens is 4. The smallest absolute Gasteiger partial charge is 0.364 e. The second-order valence-corrected chi connectivity index (χ2v) is 5.37. The largest absolute Gasteiger partial charge is 0.390 e. The van der Waals surface area contributed by atoms with Crippen molar-refractivity contribution in [2.45, 2.75) is 20.4 Å². The van der Waals surface area contributed by atoms with Gasteiger partial charge >= 0.3 is 5.82 Å². The molecule has 0 aliphatic rings. The molecule has 2 aromatic rings. The lowest BCUT2D eigenvalue weighted by Crippen LogP contribution is -2.27. The molecule has 1 unspecified atom stereocenters. The number of nitrogens with zero attached hydrogens (tertiary/aromatic N) is 5. The van der Waals surface area contributed by atoms with Crippen molar-refractivity contribution < 1.29 is 14.5 Å². The summed E-state index contributed by atoms with van der Waals surface area (Å²) >= 11 is 0. The van der Waals surface area contributed by atoms with Gasteiger partial charge in [0.25, 0.3) is 5.91 Å². The summed E-state index contributed by atoms with van der Waals surface area (Å²) < 4.78 is 2.66. The van der Waals surface area contributed by atoms with Crippen molar-refractivity contribution >= 4 is 23.3 Å². The van der Waals surface area contributed by atoms with E-state index in [0.29, 0.717) is 5.69 Å². The van der Waals surface area contributed by atoms with Crippen LogP contribution in [0, 0.1) is 23.0 Å². The van der Waals surface area contributed by atoms with Crippen molar-refractivity contribution in [3.8, 4) is 0 Å². The summed E-state index contributed by atoms with van der Waals surface area (Å²) in [5, 5.41) is 21.0. The van der Waals surface area contributed by atoms with Crippen molar-refractivity contribution in [3.05, 3.63) is 33.8 Å². The Morgan fingerprint density at radius 2 is 2.17 bits per heavy atom. The Morgan fingerprint density at radius 1 is 1.50 bits per heavy atom. The van der Waals surface area contributed by atoms with E-state index in [1.54, 1.807) is 13.8 Å². The highest BCUT2D eigenvalue weighted by molar-refractivity contribution is 6.02. The molecular formula is C13H17N7O4. The molecule has 11 nitrogen and oxygen atoms in total. The quantitative estimate of drug-likeness (QED) is 0.568. The van der Waals surface area contributed by atoms with E-state index >= 15 is 0 Å². The van der Waals surface area contributed by atoms with Gasteiger partial charge in [0.2, 0.25) is 5.91 Å². The predicted molar refractivity (Wildman–Crippen MR) is 83.1 cm³/mol. The fourth-order valence-electron chi connectivity index (χ4n) is 2.19. The van der Waals surface area contributed by atoms with Crippen LogP contribution in [0.25, 0.3) is 0 Å². The molecule has 128 valence electrons. The first-order valence-electron chi connectivity index (χ1n) is 7.02. The highest BCUT2D eigenvalue weighted by atomic mass is 16.6. The zero-order chi connectivity index (χ0) is 18.0. The summed E-state index contributed by atoms with van der Waals surface area (Å²) in [6.07, 6.45) is 1.33. The van der Waals surface area contributed by atoms with Gasteiger partial charge in [0, 0.05) is 7.05 Å². The summed E-state index contributed by atoms with van der Waals surface area (Å²) in [6, 6.07) is 1.33. The molecule has 3 N–H and O–H groups in total. The van der Waals surface area contributed by atoms with Crippen molar-refractivity contribution in [2.24, 2.45) is 18.7 Å². The zero-order valence-electron chi connectivity index (χ0n) is 13.4. The normalized spacial score (nSPS) is 12.0. The number of rotatable bonds is 6. The Balaban J connectivity index is 2.11. The van der Waals surface area contributed by atoms with Gasteiger partial charge in [0.05, 0.1) is 41.2 Å². The third-order valence-corrected chi connectivity index (χ3v) is 3.48. The minimum Gasteiger partial charge on any atom is -0.364 e. The summed E-state index contributed by atoms with van der Waals surface area (Å²) in [7, 11) is 1.53. The van der Waals surface area contributed by atoms with Crippen LogP contribution in [0.2, 0.25) is 0 Å². The summed E-state index contributed by atoms with van der Waals surface area (Å²) in [6.45, 7) is 3.46. The number of anilines is 1. The number of primary amides is 1. The van der Waals surface area contributed by atoms with Crippen LogP contribution in [-0.2, 0) is 18.4 Å². The first-order valence-corrected chi connectivity index (χ1v) is 7.02. The van der Waals surface area contributed by atoms with Gasteiger partial charge in [-0.2, -0.15) is 9.78 Å². The zero-order valence-corrected chi connectivity index (χ0v) is 13.4. The number of hydrogen-bond acceptors (Lipinski definition) is 6. The minimum absolute atomic E-state index is 0.0847. The van der Waals surface area contributed by atoms with Gasteiger partial charge in [-0.15, -0.1) is 0 Å². The van der Waals surface area contributed by atoms with Crippen molar-refractivity contribution in [1.29, 1.82) is 0 Å². The second-order valence-electron chi connectivity index (χ2n) is 5.37. The minimum atomic E-state index is -0.712. The van der Waals surface area contributed by atoms with Crippen LogP contribution in [-0.4, -0.2) is 36.3 Å². The number of nitrogens with two attached hydrogens (primary N) is 1. The van der Waals surface area contributed by atoms with Gasteiger partial charge in [0.15, 0.2) is 0 Å². The lowest BCUT2D eigenvalue weighted by atomic mass is 10.1. The van der Waals surface area contributed by atoms with Crippen molar-refractivity contribution in [3.63, 3.8) is 0 Å². The molecule has 2 amide bonds. The van der Waals surface area contributed by atoms with Crippen LogP contribution in [0.4, 0.5) is 11.5 Å². The highest BCUT2D eigenvalue weighted by Gasteiger charge is 2.23. The molecule has 0 fully saturated rings. The standard InChI is InChI=1S/C13H17N7O4/c1-7(6-19-8(2)4-10(17-19)20(23)24)13(22)16-9-5-15-18(3)11(9)12(14)21/h4-5,7H,6H2,1-3H3,(H2,14,21)(H,16,22). The Bertz CT molecular complexity index is 807. The van der Waals surface area contributed by atoms with Gasteiger partial charge < -0.3 is 21.2 Å². The highest BCUT2D eigenvalue weighted by Crippen LogP contribution is 2.16. The van der Waals surface area contributed by atoms with E-state index in [0.717, 1.165) is 0 Å². The number of carbonyl (C=O) groups is 2. The molecule has 2 heterocycles. The lowest BCUT2D eigenvalue weighted by Gasteiger charge is -2.11. The number of aryl methyl sites for hydroxylation is 2. The monoisotopic (exact) mass is 335 g/mol. The van der Waals surface area contributed by atoms with Crippen LogP contribution >= 0.6 is 0 Å². The summed E-state index contributed by atoms with van der Waals surface area (Å²) in [5.41, 5.74) is 6.12. The van der Waals surface area contributed by atoms with Crippen LogP contribution in [0.3, 0.4) is 0 Å². The van der Waals surface area contributed by atoms with E-state index < -0.39 is 16.7 Å². The average molecular weight is 335 g/mol. The molecule has 2 aromatic heterocycles. The first-order chi connectivity index (χ1) is 11.2. The van der Waals surface area contributed by atoms with Gasteiger partial charge in [-0.3, -0.25) is 14.3 Å². The molecule has 24 heavy (non-hydrogen) atoms. The van der Waals surface area contributed by atoms with Crippen LogP contribution in [0.15, 0.2) is 12.3 Å². The number of carbonyl (C=O) groups excluding carboxylic acids is 2. The van der Waals surface area contributed by atoms with Crippen LogP contribution in [0.1, 0.15) is 23.1 Å².